The van der Waals surface area contributed by atoms with Crippen molar-refractivity contribution in [3.63, 3.8) is 0 Å². The summed E-state index contributed by atoms with van der Waals surface area (Å²) < 4.78 is 5.44. The van der Waals surface area contributed by atoms with Crippen molar-refractivity contribution in [2.45, 2.75) is 46.1 Å². The number of rotatable bonds is 6. The van der Waals surface area contributed by atoms with Gasteiger partial charge in [0.05, 0.1) is 0 Å². The first-order valence-corrected chi connectivity index (χ1v) is 10.8. The van der Waals surface area contributed by atoms with Crippen LogP contribution in [-0.4, -0.2) is 36.5 Å². The standard InChI is InChI=1S/C25H32N2O3/c1-18(2)22-8-10-23(11-9-22)24(28)26-16-20-12-14-27(15-13-20)25(29)30-17-21-6-4-19(3)5-7-21/h4-11,18,20H,12-17H2,1-3H3,(H,26,28). The van der Waals surface area contributed by atoms with E-state index in [1.54, 1.807) is 4.90 Å². The molecule has 0 saturated carbocycles. The van der Waals surface area contributed by atoms with E-state index in [1.165, 1.54) is 11.1 Å². The number of nitrogens with one attached hydrogen (secondary N) is 1. The number of hydrogen-bond donors (Lipinski definition) is 1. The Hall–Kier alpha value is -2.82. The summed E-state index contributed by atoms with van der Waals surface area (Å²) in [5, 5.41) is 3.04. The zero-order valence-corrected chi connectivity index (χ0v) is 18.2. The molecule has 0 aromatic heterocycles. The lowest BCUT2D eigenvalue weighted by molar-refractivity contribution is 0.0801. The average Bonchev–Trinajstić information content (AvgIpc) is 2.77. The van der Waals surface area contributed by atoms with Crippen LogP contribution in [0, 0.1) is 12.8 Å². The summed E-state index contributed by atoms with van der Waals surface area (Å²) in [6.45, 7) is 8.57. The fraction of sp³-hybridized carbons (Fsp3) is 0.440. The maximum Gasteiger partial charge on any atom is 0.410 e. The fourth-order valence-corrected chi connectivity index (χ4v) is 3.60. The third-order valence-corrected chi connectivity index (χ3v) is 5.75. The van der Waals surface area contributed by atoms with Crippen LogP contribution in [0.3, 0.4) is 0 Å². The van der Waals surface area contributed by atoms with Crippen LogP contribution in [0.25, 0.3) is 0 Å². The highest BCUT2D eigenvalue weighted by atomic mass is 16.6. The summed E-state index contributed by atoms with van der Waals surface area (Å²) in [6.07, 6.45) is 1.47. The molecule has 0 atom stereocenters. The monoisotopic (exact) mass is 408 g/mol. The van der Waals surface area contributed by atoms with Crippen LogP contribution in [0.1, 0.15) is 59.7 Å². The first-order valence-electron chi connectivity index (χ1n) is 10.8. The molecule has 1 N–H and O–H groups in total. The highest BCUT2D eigenvalue weighted by molar-refractivity contribution is 5.94. The Balaban J connectivity index is 1.38. The van der Waals surface area contributed by atoms with E-state index < -0.39 is 0 Å². The first kappa shape index (κ1) is 21.9. The lowest BCUT2D eigenvalue weighted by Crippen LogP contribution is -2.41. The van der Waals surface area contributed by atoms with Crippen LogP contribution >= 0.6 is 0 Å². The van der Waals surface area contributed by atoms with Crippen molar-refractivity contribution < 1.29 is 14.3 Å². The SMILES string of the molecule is Cc1ccc(COC(=O)N2CCC(CNC(=O)c3ccc(C(C)C)cc3)CC2)cc1. The minimum Gasteiger partial charge on any atom is -0.445 e. The fourth-order valence-electron chi connectivity index (χ4n) is 3.60. The number of piperidine rings is 1. The van der Waals surface area contributed by atoms with Gasteiger partial charge in [-0.25, -0.2) is 4.79 Å². The molecule has 3 rings (SSSR count). The number of hydrogen-bond acceptors (Lipinski definition) is 3. The number of nitrogens with zero attached hydrogens (tertiary/aromatic N) is 1. The topological polar surface area (TPSA) is 58.6 Å². The molecule has 2 amide bonds. The number of carbonyl (C=O) groups excluding carboxylic acids is 2. The average molecular weight is 409 g/mol. The van der Waals surface area contributed by atoms with Crippen LogP contribution in [-0.2, 0) is 11.3 Å². The molecule has 1 saturated heterocycles. The maximum absolute atomic E-state index is 12.4. The molecule has 0 spiro atoms. The highest BCUT2D eigenvalue weighted by Gasteiger charge is 2.24. The molecular formula is C25H32N2O3. The van der Waals surface area contributed by atoms with Gasteiger partial charge in [0.15, 0.2) is 0 Å². The van der Waals surface area contributed by atoms with Gasteiger partial charge in [0.1, 0.15) is 6.61 Å². The van der Waals surface area contributed by atoms with Crippen molar-refractivity contribution in [1.82, 2.24) is 10.2 Å². The van der Waals surface area contributed by atoms with E-state index in [2.05, 4.69) is 19.2 Å². The molecule has 0 aliphatic carbocycles. The first-order chi connectivity index (χ1) is 14.4. The van der Waals surface area contributed by atoms with Gasteiger partial charge in [0.25, 0.3) is 5.91 Å². The van der Waals surface area contributed by atoms with Gasteiger partial charge in [-0.3, -0.25) is 4.79 Å². The van der Waals surface area contributed by atoms with Crippen molar-refractivity contribution in [2.75, 3.05) is 19.6 Å². The Labute approximate surface area is 179 Å². The predicted octanol–water partition coefficient (Wildman–Crippen LogP) is 4.90. The van der Waals surface area contributed by atoms with Crippen molar-refractivity contribution in [3.05, 3.63) is 70.8 Å². The summed E-state index contributed by atoms with van der Waals surface area (Å²) >= 11 is 0. The molecule has 0 radical (unpaired) electrons. The molecule has 5 nitrogen and oxygen atoms in total. The second-order valence-electron chi connectivity index (χ2n) is 8.46. The van der Waals surface area contributed by atoms with Gasteiger partial charge < -0.3 is 15.0 Å². The Morgan fingerprint density at radius 3 is 2.27 bits per heavy atom. The number of aryl methyl sites for hydroxylation is 1. The third-order valence-electron chi connectivity index (χ3n) is 5.75. The molecular weight excluding hydrogens is 376 g/mol. The number of benzene rings is 2. The van der Waals surface area contributed by atoms with Gasteiger partial charge in [0.2, 0.25) is 0 Å². The number of carbonyl (C=O) groups is 2. The summed E-state index contributed by atoms with van der Waals surface area (Å²) in [6, 6.07) is 15.8. The molecule has 5 heteroatoms. The summed E-state index contributed by atoms with van der Waals surface area (Å²) in [4.78, 5) is 26.5. The zero-order valence-electron chi connectivity index (χ0n) is 18.2. The zero-order chi connectivity index (χ0) is 21.5. The summed E-state index contributed by atoms with van der Waals surface area (Å²) in [5.41, 5.74) is 4.10. The van der Waals surface area contributed by atoms with Gasteiger partial charge in [-0.05, 0) is 54.9 Å². The van der Waals surface area contributed by atoms with Gasteiger partial charge >= 0.3 is 6.09 Å². The molecule has 0 bridgehead atoms. The highest BCUT2D eigenvalue weighted by Crippen LogP contribution is 2.18. The molecule has 1 heterocycles. The van der Waals surface area contributed by atoms with Crippen molar-refractivity contribution in [2.24, 2.45) is 5.92 Å². The van der Waals surface area contributed by atoms with E-state index in [0.717, 1.165) is 18.4 Å². The van der Waals surface area contributed by atoms with Gasteiger partial charge in [0, 0.05) is 25.2 Å². The van der Waals surface area contributed by atoms with Crippen LogP contribution in [0.4, 0.5) is 4.79 Å². The lowest BCUT2D eigenvalue weighted by atomic mass is 9.97. The van der Waals surface area contributed by atoms with E-state index >= 15 is 0 Å². The van der Waals surface area contributed by atoms with E-state index in [-0.39, 0.29) is 12.0 Å². The Bertz CT molecular complexity index is 836. The molecule has 160 valence electrons. The van der Waals surface area contributed by atoms with E-state index in [4.69, 9.17) is 4.74 Å². The maximum atomic E-state index is 12.4. The molecule has 0 unspecified atom stereocenters. The van der Waals surface area contributed by atoms with Crippen molar-refractivity contribution >= 4 is 12.0 Å². The van der Waals surface area contributed by atoms with Gasteiger partial charge in [-0.1, -0.05) is 55.8 Å². The minimum absolute atomic E-state index is 0.0368. The molecule has 2 aromatic carbocycles. The van der Waals surface area contributed by atoms with E-state index in [9.17, 15) is 9.59 Å². The lowest BCUT2D eigenvalue weighted by Gasteiger charge is -2.31. The second-order valence-corrected chi connectivity index (χ2v) is 8.46. The normalized spacial score (nSPS) is 14.6. The second kappa shape index (κ2) is 10.3. The minimum atomic E-state index is -0.261. The Morgan fingerprint density at radius 2 is 1.67 bits per heavy atom. The van der Waals surface area contributed by atoms with E-state index in [0.29, 0.717) is 43.6 Å². The van der Waals surface area contributed by atoms with E-state index in [1.807, 2.05) is 55.5 Å². The number of ether oxygens (including phenoxy) is 1. The van der Waals surface area contributed by atoms with Gasteiger partial charge in [-0.15, -0.1) is 0 Å². The van der Waals surface area contributed by atoms with Crippen LogP contribution in [0.5, 0.6) is 0 Å². The van der Waals surface area contributed by atoms with Crippen LogP contribution in [0.15, 0.2) is 48.5 Å². The summed E-state index contributed by atoms with van der Waals surface area (Å²) in [5.74, 6) is 0.797. The number of amides is 2. The number of likely N-dealkylation sites (tertiary alicyclic amines) is 1. The predicted molar refractivity (Wildman–Crippen MR) is 119 cm³/mol. The van der Waals surface area contributed by atoms with Crippen LogP contribution in [0.2, 0.25) is 0 Å². The Kier molecular flexibility index (Phi) is 7.50. The quantitative estimate of drug-likeness (QED) is 0.740. The van der Waals surface area contributed by atoms with Crippen molar-refractivity contribution in [3.8, 4) is 0 Å². The van der Waals surface area contributed by atoms with Crippen LogP contribution < -0.4 is 5.32 Å². The van der Waals surface area contributed by atoms with Crippen molar-refractivity contribution in [1.29, 1.82) is 0 Å². The smallest absolute Gasteiger partial charge is 0.410 e. The molecule has 1 aliphatic rings. The van der Waals surface area contributed by atoms with Gasteiger partial charge in [-0.2, -0.15) is 0 Å². The Morgan fingerprint density at radius 1 is 1.03 bits per heavy atom. The molecule has 30 heavy (non-hydrogen) atoms. The molecule has 1 fully saturated rings. The summed E-state index contributed by atoms with van der Waals surface area (Å²) in [7, 11) is 0. The largest absolute Gasteiger partial charge is 0.445 e. The molecule has 1 aliphatic heterocycles. The molecule has 2 aromatic rings. The third kappa shape index (κ3) is 6.09.